The molecule has 0 aliphatic heterocycles. The van der Waals surface area contributed by atoms with Crippen molar-refractivity contribution in [3.63, 3.8) is 0 Å². The van der Waals surface area contributed by atoms with Crippen LogP contribution < -0.4 is 25.5 Å². The van der Waals surface area contributed by atoms with Gasteiger partial charge in [-0.1, -0.05) is 56.3 Å². The summed E-state index contributed by atoms with van der Waals surface area (Å²) in [6.07, 6.45) is 1.37. The normalized spacial score (nSPS) is 10.7. The summed E-state index contributed by atoms with van der Waals surface area (Å²) in [5.74, 6) is -0.821. The van der Waals surface area contributed by atoms with Crippen LogP contribution in [-0.2, 0) is 20.9 Å². The van der Waals surface area contributed by atoms with E-state index < -0.39 is 11.8 Å². The number of rotatable bonds is 10. The highest BCUT2D eigenvalue weighted by molar-refractivity contribution is 6.35. The molecule has 0 fully saturated rings. The molecule has 0 aliphatic rings. The largest absolute Gasteiger partial charge is 0.493 e. The van der Waals surface area contributed by atoms with Crippen molar-refractivity contribution in [1.29, 1.82) is 0 Å². The van der Waals surface area contributed by atoms with E-state index in [4.69, 9.17) is 9.47 Å². The number of benzene rings is 3. The van der Waals surface area contributed by atoms with Gasteiger partial charge in [-0.25, -0.2) is 5.43 Å². The summed E-state index contributed by atoms with van der Waals surface area (Å²) in [6.45, 7) is 4.24. The average molecular weight is 503 g/mol. The average Bonchev–Trinajstić information content (AvgIpc) is 2.91. The Kier molecular flexibility index (Phi) is 9.78. The molecule has 0 radical (unpaired) electrons. The molecule has 0 heterocycles. The van der Waals surface area contributed by atoms with Crippen LogP contribution in [-0.4, -0.2) is 37.7 Å². The van der Waals surface area contributed by atoms with Gasteiger partial charge >= 0.3 is 11.8 Å². The first kappa shape index (κ1) is 26.9. The van der Waals surface area contributed by atoms with Crippen LogP contribution in [0.5, 0.6) is 11.5 Å². The van der Waals surface area contributed by atoms with Crippen molar-refractivity contribution in [1.82, 2.24) is 10.7 Å². The Balaban J connectivity index is 1.47. The fourth-order valence-corrected chi connectivity index (χ4v) is 3.24. The Bertz CT molecular complexity index is 1240. The highest BCUT2D eigenvalue weighted by Crippen LogP contribution is 2.27. The van der Waals surface area contributed by atoms with Gasteiger partial charge in [0.05, 0.1) is 13.3 Å². The molecular formula is C28H30N4O5. The van der Waals surface area contributed by atoms with E-state index in [2.05, 4.69) is 35.0 Å². The zero-order chi connectivity index (χ0) is 26.6. The zero-order valence-electron chi connectivity index (χ0n) is 21.0. The summed E-state index contributed by atoms with van der Waals surface area (Å²) in [5, 5.41) is 9.13. The predicted molar refractivity (Wildman–Crippen MR) is 142 cm³/mol. The van der Waals surface area contributed by atoms with Crippen molar-refractivity contribution in [3.05, 3.63) is 89.5 Å². The standard InChI is InChI=1S/C28H30N4O5/c1-19(2)22-12-9-20(10-13-22)16-29-27(34)28(35)32-30-17-21-11-14-24(25(15-21)36-3)37-18-26(33)31-23-7-5-4-6-8-23/h4-15,17,19H,16,18H2,1-3H3,(H,29,34)(H,31,33)(H,32,35)/b30-17-. The van der Waals surface area contributed by atoms with Crippen LogP contribution in [0.25, 0.3) is 0 Å². The number of hydrogen-bond donors (Lipinski definition) is 3. The van der Waals surface area contributed by atoms with E-state index in [1.165, 1.54) is 18.9 Å². The van der Waals surface area contributed by atoms with Gasteiger partial charge in [0.25, 0.3) is 5.91 Å². The third kappa shape index (κ3) is 8.50. The highest BCUT2D eigenvalue weighted by Gasteiger charge is 2.13. The lowest BCUT2D eigenvalue weighted by Gasteiger charge is -2.11. The van der Waals surface area contributed by atoms with Gasteiger partial charge < -0.3 is 20.1 Å². The topological polar surface area (TPSA) is 118 Å². The van der Waals surface area contributed by atoms with Gasteiger partial charge in [0.15, 0.2) is 18.1 Å². The minimum Gasteiger partial charge on any atom is -0.493 e. The zero-order valence-corrected chi connectivity index (χ0v) is 21.0. The number of ether oxygens (including phenoxy) is 2. The molecule has 3 N–H and O–H groups in total. The van der Waals surface area contributed by atoms with E-state index >= 15 is 0 Å². The molecule has 0 aromatic heterocycles. The molecule has 0 saturated heterocycles. The summed E-state index contributed by atoms with van der Waals surface area (Å²) >= 11 is 0. The number of nitrogens with one attached hydrogen (secondary N) is 3. The number of nitrogens with zero attached hydrogens (tertiary/aromatic N) is 1. The number of hydrazone groups is 1. The van der Waals surface area contributed by atoms with E-state index in [-0.39, 0.29) is 19.1 Å². The first-order chi connectivity index (χ1) is 17.9. The van der Waals surface area contributed by atoms with Crippen LogP contribution in [0.3, 0.4) is 0 Å². The number of hydrogen-bond acceptors (Lipinski definition) is 6. The van der Waals surface area contributed by atoms with Gasteiger partial charge in [-0.15, -0.1) is 0 Å². The molecule has 0 unspecified atom stereocenters. The quantitative estimate of drug-likeness (QED) is 0.222. The van der Waals surface area contributed by atoms with Crippen LogP contribution >= 0.6 is 0 Å². The van der Waals surface area contributed by atoms with Crippen molar-refractivity contribution in [2.45, 2.75) is 26.3 Å². The highest BCUT2D eigenvalue weighted by atomic mass is 16.5. The van der Waals surface area contributed by atoms with Gasteiger partial charge in [0.1, 0.15) is 0 Å². The lowest BCUT2D eigenvalue weighted by atomic mass is 10.0. The minimum atomic E-state index is -0.883. The first-order valence-electron chi connectivity index (χ1n) is 11.7. The summed E-state index contributed by atoms with van der Waals surface area (Å²) in [6, 6.07) is 21.8. The molecule has 0 bridgehead atoms. The van der Waals surface area contributed by atoms with Gasteiger partial charge in [-0.05, 0) is 52.9 Å². The number of carbonyl (C=O) groups excluding carboxylic acids is 3. The second kappa shape index (κ2) is 13.4. The molecule has 37 heavy (non-hydrogen) atoms. The Labute approximate surface area is 215 Å². The fraction of sp³-hybridized carbons (Fsp3) is 0.214. The lowest BCUT2D eigenvalue weighted by Crippen LogP contribution is -2.37. The van der Waals surface area contributed by atoms with Crippen LogP contribution in [0.4, 0.5) is 5.69 Å². The van der Waals surface area contributed by atoms with Gasteiger partial charge in [0.2, 0.25) is 0 Å². The van der Waals surface area contributed by atoms with E-state index in [1.807, 2.05) is 42.5 Å². The second-order valence-corrected chi connectivity index (χ2v) is 8.39. The van der Waals surface area contributed by atoms with Gasteiger partial charge in [-0.2, -0.15) is 5.10 Å². The molecule has 0 aliphatic carbocycles. The molecule has 9 nitrogen and oxygen atoms in total. The molecule has 3 aromatic carbocycles. The summed E-state index contributed by atoms with van der Waals surface area (Å²) in [5.41, 5.74) is 5.55. The number of carbonyl (C=O) groups is 3. The Morgan fingerprint density at radius 2 is 1.65 bits per heavy atom. The molecular weight excluding hydrogens is 472 g/mol. The number of amides is 3. The van der Waals surface area contributed by atoms with E-state index in [1.54, 1.807) is 30.3 Å². The van der Waals surface area contributed by atoms with Crippen molar-refractivity contribution < 1.29 is 23.9 Å². The lowest BCUT2D eigenvalue weighted by molar-refractivity contribution is -0.139. The van der Waals surface area contributed by atoms with Crippen molar-refractivity contribution in [2.75, 3.05) is 19.0 Å². The smallest absolute Gasteiger partial charge is 0.329 e. The summed E-state index contributed by atoms with van der Waals surface area (Å²) < 4.78 is 10.9. The van der Waals surface area contributed by atoms with E-state index in [0.29, 0.717) is 28.7 Å². The van der Waals surface area contributed by atoms with E-state index in [9.17, 15) is 14.4 Å². The Morgan fingerprint density at radius 1 is 0.919 bits per heavy atom. The predicted octanol–water partition coefficient (Wildman–Crippen LogP) is 3.60. The summed E-state index contributed by atoms with van der Waals surface area (Å²) in [4.78, 5) is 36.2. The molecule has 192 valence electrons. The Hall–Kier alpha value is -4.66. The van der Waals surface area contributed by atoms with Crippen LogP contribution in [0.15, 0.2) is 77.9 Å². The SMILES string of the molecule is COc1cc(/C=N\NC(=O)C(=O)NCc2ccc(C(C)C)cc2)ccc1OCC(=O)Nc1ccccc1. The van der Waals surface area contributed by atoms with E-state index in [0.717, 1.165) is 5.56 Å². The van der Waals surface area contributed by atoms with Gasteiger partial charge in [-0.3, -0.25) is 14.4 Å². The molecule has 0 atom stereocenters. The monoisotopic (exact) mass is 502 g/mol. The van der Waals surface area contributed by atoms with Gasteiger partial charge in [0, 0.05) is 12.2 Å². The molecule has 3 rings (SSSR count). The molecule has 3 aromatic rings. The van der Waals surface area contributed by atoms with Crippen molar-refractivity contribution in [2.24, 2.45) is 5.10 Å². The molecule has 9 heteroatoms. The second-order valence-electron chi connectivity index (χ2n) is 8.39. The third-order valence-corrected chi connectivity index (χ3v) is 5.29. The van der Waals surface area contributed by atoms with Crippen LogP contribution in [0, 0.1) is 0 Å². The number of anilines is 1. The maximum atomic E-state index is 12.1. The maximum absolute atomic E-state index is 12.1. The Morgan fingerprint density at radius 3 is 2.32 bits per heavy atom. The third-order valence-electron chi connectivity index (χ3n) is 5.29. The van der Waals surface area contributed by atoms with Crippen molar-refractivity contribution in [3.8, 4) is 11.5 Å². The number of methoxy groups -OCH3 is 1. The fourth-order valence-electron chi connectivity index (χ4n) is 3.24. The molecule has 0 saturated carbocycles. The molecule has 3 amide bonds. The molecule has 0 spiro atoms. The minimum absolute atomic E-state index is 0.203. The van der Waals surface area contributed by atoms with Crippen molar-refractivity contribution >= 4 is 29.6 Å². The summed E-state index contributed by atoms with van der Waals surface area (Å²) in [7, 11) is 1.47. The first-order valence-corrected chi connectivity index (χ1v) is 11.7. The maximum Gasteiger partial charge on any atom is 0.329 e. The van der Waals surface area contributed by atoms with Crippen LogP contribution in [0.2, 0.25) is 0 Å². The van der Waals surface area contributed by atoms with Crippen LogP contribution in [0.1, 0.15) is 36.5 Å². The number of para-hydroxylation sites is 1.